The first kappa shape index (κ1) is 10.6. The van der Waals surface area contributed by atoms with E-state index in [1.54, 1.807) is 17.0 Å². The molecule has 1 aromatic rings. The number of fused-ring (bicyclic) bond motifs is 1. The van der Waals surface area contributed by atoms with Crippen molar-refractivity contribution in [2.24, 2.45) is 0 Å². The molecule has 2 aliphatic heterocycles. The molecule has 2 aliphatic rings. The molecule has 0 aromatic heterocycles. The number of benzene rings is 1. The van der Waals surface area contributed by atoms with Gasteiger partial charge in [0.25, 0.3) is 0 Å². The molecule has 0 aliphatic carbocycles. The van der Waals surface area contributed by atoms with E-state index in [1.807, 2.05) is 6.07 Å². The predicted octanol–water partition coefficient (Wildman–Crippen LogP) is 1.55. The first-order valence-corrected chi connectivity index (χ1v) is 5.40. The van der Waals surface area contributed by atoms with Crippen LogP contribution in [0.25, 0.3) is 11.5 Å². The van der Waals surface area contributed by atoms with Crippen LogP contribution in [0.15, 0.2) is 36.9 Å². The monoisotopic (exact) mass is 243 g/mol. The Kier molecular flexibility index (Phi) is 2.40. The van der Waals surface area contributed by atoms with Gasteiger partial charge in [0.1, 0.15) is 17.8 Å². The lowest BCUT2D eigenvalue weighted by molar-refractivity contribution is 0.623. The Morgan fingerprint density at radius 2 is 2.11 bits per heavy atom. The number of nitrogen functional groups attached to an aromatic ring is 1. The summed E-state index contributed by atoms with van der Waals surface area (Å²) in [5, 5.41) is 0. The van der Waals surface area contributed by atoms with Gasteiger partial charge in [-0.05, 0) is 17.7 Å². The fourth-order valence-corrected chi connectivity index (χ4v) is 1.85. The van der Waals surface area contributed by atoms with E-state index in [1.165, 1.54) is 18.5 Å². The molecule has 90 valence electrons. The summed E-state index contributed by atoms with van der Waals surface area (Å²) in [6.45, 7) is 0.472. The van der Waals surface area contributed by atoms with E-state index >= 15 is 0 Å². The van der Waals surface area contributed by atoms with Gasteiger partial charge >= 0.3 is 0 Å². The summed E-state index contributed by atoms with van der Waals surface area (Å²) in [4.78, 5) is 12.2. The first-order valence-electron chi connectivity index (χ1n) is 5.40. The van der Waals surface area contributed by atoms with Gasteiger partial charge in [-0.3, -0.25) is 0 Å². The SMILES string of the molecule is Nc1ncn(Cc2cccc(F)c2)c2ncnc1-2. The second kappa shape index (κ2) is 4.06. The molecule has 0 bridgehead atoms. The number of hydrogen-bond donors (Lipinski definition) is 1. The molecular formula is C12H10FN5. The Bertz CT molecular complexity index is 663. The summed E-state index contributed by atoms with van der Waals surface area (Å²) in [7, 11) is 0. The van der Waals surface area contributed by atoms with Gasteiger partial charge in [-0.1, -0.05) is 12.1 Å². The van der Waals surface area contributed by atoms with E-state index in [-0.39, 0.29) is 5.82 Å². The van der Waals surface area contributed by atoms with Crippen LogP contribution in [0.4, 0.5) is 10.2 Å². The zero-order chi connectivity index (χ0) is 12.5. The van der Waals surface area contributed by atoms with Crippen LogP contribution >= 0.6 is 0 Å². The van der Waals surface area contributed by atoms with Crippen molar-refractivity contribution in [1.29, 1.82) is 0 Å². The van der Waals surface area contributed by atoms with Crippen molar-refractivity contribution in [1.82, 2.24) is 19.5 Å². The summed E-state index contributed by atoms with van der Waals surface area (Å²) >= 11 is 0. The number of anilines is 1. The first-order chi connectivity index (χ1) is 8.74. The average Bonchev–Trinajstić information content (AvgIpc) is 2.83. The fourth-order valence-electron chi connectivity index (χ4n) is 1.85. The largest absolute Gasteiger partial charge is 0.382 e. The van der Waals surface area contributed by atoms with Crippen molar-refractivity contribution in [3.05, 3.63) is 48.3 Å². The highest BCUT2D eigenvalue weighted by atomic mass is 19.1. The molecule has 6 heteroatoms. The molecule has 3 rings (SSSR count). The Morgan fingerprint density at radius 3 is 2.94 bits per heavy atom. The Morgan fingerprint density at radius 1 is 1.22 bits per heavy atom. The summed E-state index contributed by atoms with van der Waals surface area (Å²) < 4.78 is 14.9. The summed E-state index contributed by atoms with van der Waals surface area (Å²) in [6, 6.07) is 6.40. The molecule has 2 N–H and O–H groups in total. The summed E-state index contributed by atoms with van der Waals surface area (Å²) in [5.41, 5.74) is 7.09. The summed E-state index contributed by atoms with van der Waals surface area (Å²) in [6.07, 6.45) is 3.02. The second-order valence-electron chi connectivity index (χ2n) is 3.93. The predicted molar refractivity (Wildman–Crippen MR) is 64.4 cm³/mol. The highest BCUT2D eigenvalue weighted by molar-refractivity contribution is 5.64. The second-order valence-corrected chi connectivity index (χ2v) is 3.93. The molecule has 2 heterocycles. The van der Waals surface area contributed by atoms with Crippen LogP contribution in [0.1, 0.15) is 5.56 Å². The molecule has 0 radical (unpaired) electrons. The maximum absolute atomic E-state index is 13.1. The minimum Gasteiger partial charge on any atom is -0.382 e. The molecule has 0 spiro atoms. The van der Waals surface area contributed by atoms with Crippen LogP contribution in [0.5, 0.6) is 0 Å². The van der Waals surface area contributed by atoms with Crippen molar-refractivity contribution >= 4 is 5.82 Å². The molecule has 0 unspecified atom stereocenters. The zero-order valence-corrected chi connectivity index (χ0v) is 9.42. The van der Waals surface area contributed by atoms with Crippen LogP contribution < -0.4 is 5.73 Å². The van der Waals surface area contributed by atoms with Gasteiger partial charge < -0.3 is 10.3 Å². The molecular weight excluding hydrogens is 233 g/mol. The van der Waals surface area contributed by atoms with E-state index in [0.717, 1.165) is 5.56 Å². The van der Waals surface area contributed by atoms with Crippen LogP contribution in [-0.2, 0) is 6.54 Å². The lowest BCUT2D eigenvalue weighted by Crippen LogP contribution is -2.09. The highest BCUT2D eigenvalue weighted by Crippen LogP contribution is 2.22. The van der Waals surface area contributed by atoms with Crippen LogP contribution in [-0.4, -0.2) is 19.5 Å². The van der Waals surface area contributed by atoms with Crippen molar-refractivity contribution in [3.63, 3.8) is 0 Å². The van der Waals surface area contributed by atoms with Crippen molar-refractivity contribution in [2.45, 2.75) is 6.54 Å². The van der Waals surface area contributed by atoms with E-state index < -0.39 is 0 Å². The third kappa shape index (κ3) is 1.77. The Hall–Kier alpha value is -2.50. The van der Waals surface area contributed by atoms with Gasteiger partial charge in [0.05, 0.1) is 12.9 Å². The Labute approximate surface area is 102 Å². The number of rotatable bonds is 2. The number of nitrogens with zero attached hydrogens (tertiary/aromatic N) is 4. The third-order valence-corrected chi connectivity index (χ3v) is 2.67. The van der Waals surface area contributed by atoms with Gasteiger partial charge in [0.15, 0.2) is 11.6 Å². The molecule has 0 amide bonds. The van der Waals surface area contributed by atoms with E-state index in [4.69, 9.17) is 5.73 Å². The lowest BCUT2D eigenvalue weighted by atomic mass is 10.2. The van der Waals surface area contributed by atoms with E-state index in [9.17, 15) is 4.39 Å². The van der Waals surface area contributed by atoms with Crippen molar-refractivity contribution in [3.8, 4) is 11.5 Å². The van der Waals surface area contributed by atoms with Gasteiger partial charge in [-0.15, -0.1) is 0 Å². The smallest absolute Gasteiger partial charge is 0.165 e. The van der Waals surface area contributed by atoms with E-state index in [0.29, 0.717) is 23.9 Å². The maximum Gasteiger partial charge on any atom is 0.165 e. The van der Waals surface area contributed by atoms with Crippen LogP contribution in [0.3, 0.4) is 0 Å². The molecule has 0 fully saturated rings. The molecule has 1 aromatic carbocycles. The van der Waals surface area contributed by atoms with Gasteiger partial charge in [0.2, 0.25) is 0 Å². The Balaban J connectivity index is 2.01. The molecule has 18 heavy (non-hydrogen) atoms. The third-order valence-electron chi connectivity index (χ3n) is 2.67. The summed E-state index contributed by atoms with van der Waals surface area (Å²) in [5.74, 6) is 0.728. The quantitative estimate of drug-likeness (QED) is 0.741. The molecule has 0 saturated heterocycles. The van der Waals surface area contributed by atoms with Gasteiger partial charge in [-0.2, -0.15) is 0 Å². The number of nitrogens with two attached hydrogens (primary N) is 1. The minimum absolute atomic E-state index is 0.263. The number of aromatic nitrogens is 4. The normalized spacial score (nSPS) is 10.9. The standard InChI is InChI=1S/C12H10FN5/c13-9-3-1-2-8(4-9)5-18-7-17-11(14)10-12(18)16-6-15-10/h1-4,6-7H,5,14H2. The van der Waals surface area contributed by atoms with E-state index in [2.05, 4.69) is 15.0 Å². The van der Waals surface area contributed by atoms with Crippen molar-refractivity contribution in [2.75, 3.05) is 5.73 Å². The molecule has 0 atom stereocenters. The van der Waals surface area contributed by atoms with Crippen LogP contribution in [0.2, 0.25) is 0 Å². The molecule has 0 saturated carbocycles. The molecule has 5 nitrogen and oxygen atoms in total. The van der Waals surface area contributed by atoms with Gasteiger partial charge in [-0.25, -0.2) is 19.3 Å². The van der Waals surface area contributed by atoms with Gasteiger partial charge in [0, 0.05) is 0 Å². The maximum atomic E-state index is 13.1. The highest BCUT2D eigenvalue weighted by Gasteiger charge is 2.14. The topological polar surface area (TPSA) is 69.6 Å². The number of hydrogen-bond acceptors (Lipinski definition) is 4. The minimum atomic E-state index is -0.263. The zero-order valence-electron chi connectivity index (χ0n) is 9.42. The number of halogens is 1. The van der Waals surface area contributed by atoms with Crippen molar-refractivity contribution < 1.29 is 4.39 Å². The van der Waals surface area contributed by atoms with Crippen LogP contribution in [0, 0.1) is 5.82 Å². The fraction of sp³-hybridized carbons (Fsp3) is 0.0833. The lowest BCUT2D eigenvalue weighted by Gasteiger charge is -2.11. The number of imidazole rings is 1. The average molecular weight is 243 g/mol.